The average Bonchev–Trinajstić information content (AvgIpc) is 3.06. The quantitative estimate of drug-likeness (QED) is 0.604. The van der Waals surface area contributed by atoms with E-state index in [-0.39, 0.29) is 17.2 Å². The number of hydrogen-bond donors (Lipinski definition) is 0. The van der Waals surface area contributed by atoms with Crippen LogP contribution in [0.25, 0.3) is 0 Å². The monoisotopic (exact) mass is 386 g/mol. The Labute approximate surface area is 157 Å². The maximum absolute atomic E-state index is 12.9. The van der Waals surface area contributed by atoms with Crippen molar-refractivity contribution in [3.05, 3.63) is 72.1 Å². The molecule has 27 heavy (non-hydrogen) atoms. The van der Waals surface area contributed by atoms with Crippen molar-refractivity contribution in [3.8, 4) is 11.5 Å². The van der Waals surface area contributed by atoms with Crippen molar-refractivity contribution in [2.75, 3.05) is 6.61 Å². The molecule has 0 N–H and O–H groups in total. The Hall–Kier alpha value is -3.13. The lowest BCUT2D eigenvalue weighted by Gasteiger charge is -2.09. The SMILES string of the molecule is CCOC(=O)c1cc(C)nn1S(=O)(=O)c1ccc(Oc2ccccc2)cc1. The molecule has 7 nitrogen and oxygen atoms in total. The van der Waals surface area contributed by atoms with Gasteiger partial charge in [0, 0.05) is 0 Å². The second kappa shape index (κ2) is 7.63. The maximum atomic E-state index is 12.9. The minimum absolute atomic E-state index is 0.0171. The molecule has 140 valence electrons. The van der Waals surface area contributed by atoms with E-state index in [9.17, 15) is 13.2 Å². The number of hydrogen-bond acceptors (Lipinski definition) is 6. The molecule has 0 aliphatic rings. The third kappa shape index (κ3) is 4.01. The van der Waals surface area contributed by atoms with Crippen LogP contribution >= 0.6 is 0 Å². The summed E-state index contributed by atoms with van der Waals surface area (Å²) in [6.45, 7) is 3.38. The summed E-state index contributed by atoms with van der Waals surface area (Å²) in [5, 5.41) is 3.95. The van der Waals surface area contributed by atoms with Gasteiger partial charge in [-0.15, -0.1) is 4.09 Å². The van der Waals surface area contributed by atoms with Gasteiger partial charge >= 0.3 is 5.97 Å². The molecule has 0 aliphatic carbocycles. The van der Waals surface area contributed by atoms with Crippen molar-refractivity contribution in [2.24, 2.45) is 0 Å². The van der Waals surface area contributed by atoms with Crippen molar-refractivity contribution in [3.63, 3.8) is 0 Å². The highest BCUT2D eigenvalue weighted by Crippen LogP contribution is 2.24. The number of aromatic nitrogens is 2. The van der Waals surface area contributed by atoms with Gasteiger partial charge in [-0.1, -0.05) is 18.2 Å². The van der Waals surface area contributed by atoms with Gasteiger partial charge in [-0.3, -0.25) is 0 Å². The molecule has 0 unspecified atom stereocenters. The van der Waals surface area contributed by atoms with E-state index in [1.54, 1.807) is 38.1 Å². The number of nitrogens with zero attached hydrogens (tertiary/aromatic N) is 2. The van der Waals surface area contributed by atoms with Gasteiger partial charge in [0.05, 0.1) is 17.2 Å². The molecule has 0 aliphatic heterocycles. The van der Waals surface area contributed by atoms with Crippen LogP contribution in [0.2, 0.25) is 0 Å². The fraction of sp³-hybridized carbons (Fsp3) is 0.158. The molecule has 1 heterocycles. The molecule has 2 aromatic carbocycles. The Morgan fingerprint density at radius 1 is 1.04 bits per heavy atom. The molecular formula is C19H18N2O5S. The van der Waals surface area contributed by atoms with Crippen LogP contribution in [0.5, 0.6) is 11.5 Å². The fourth-order valence-corrected chi connectivity index (χ4v) is 3.71. The normalized spacial score (nSPS) is 11.2. The van der Waals surface area contributed by atoms with Gasteiger partial charge in [-0.05, 0) is 56.3 Å². The molecule has 1 aromatic heterocycles. The first-order valence-corrected chi connectivity index (χ1v) is 9.68. The second-order valence-electron chi connectivity index (χ2n) is 5.63. The topological polar surface area (TPSA) is 87.5 Å². The molecule has 0 amide bonds. The van der Waals surface area contributed by atoms with Gasteiger partial charge < -0.3 is 9.47 Å². The van der Waals surface area contributed by atoms with Crippen molar-refractivity contribution in [2.45, 2.75) is 18.7 Å². The molecule has 0 radical (unpaired) electrons. The minimum atomic E-state index is -4.05. The lowest BCUT2D eigenvalue weighted by Crippen LogP contribution is -2.21. The van der Waals surface area contributed by atoms with E-state index in [0.717, 1.165) is 0 Å². The number of ether oxygens (including phenoxy) is 2. The van der Waals surface area contributed by atoms with Gasteiger partial charge in [-0.25, -0.2) is 4.79 Å². The highest BCUT2D eigenvalue weighted by atomic mass is 32.2. The highest BCUT2D eigenvalue weighted by molar-refractivity contribution is 7.89. The molecule has 0 bridgehead atoms. The molecule has 8 heteroatoms. The van der Waals surface area contributed by atoms with E-state index in [0.29, 0.717) is 21.3 Å². The number of benzene rings is 2. The third-order valence-electron chi connectivity index (χ3n) is 3.61. The van der Waals surface area contributed by atoms with Crippen LogP contribution in [0.3, 0.4) is 0 Å². The number of aryl methyl sites for hydroxylation is 1. The van der Waals surface area contributed by atoms with E-state index in [1.807, 2.05) is 18.2 Å². The third-order valence-corrected chi connectivity index (χ3v) is 5.21. The average molecular weight is 386 g/mol. The van der Waals surface area contributed by atoms with Crippen molar-refractivity contribution < 1.29 is 22.7 Å². The zero-order valence-corrected chi connectivity index (χ0v) is 15.6. The van der Waals surface area contributed by atoms with Gasteiger partial charge in [0.25, 0.3) is 10.0 Å². The van der Waals surface area contributed by atoms with Crippen molar-refractivity contribution >= 4 is 16.0 Å². The molecule has 3 rings (SSSR count). The first-order valence-electron chi connectivity index (χ1n) is 8.24. The van der Waals surface area contributed by atoms with Crippen LogP contribution in [-0.2, 0) is 14.8 Å². The summed E-state index contributed by atoms with van der Waals surface area (Å²) in [7, 11) is -4.05. The van der Waals surface area contributed by atoms with Crippen molar-refractivity contribution in [1.29, 1.82) is 0 Å². The predicted octanol–water partition coefficient (Wildman–Crippen LogP) is 3.40. The van der Waals surface area contributed by atoms with Crippen molar-refractivity contribution in [1.82, 2.24) is 9.19 Å². The molecule has 0 saturated carbocycles. The molecule has 0 fully saturated rings. The van der Waals surface area contributed by atoms with E-state index in [1.165, 1.54) is 18.2 Å². The maximum Gasteiger partial charge on any atom is 0.357 e. The molecular weight excluding hydrogens is 368 g/mol. The zero-order chi connectivity index (χ0) is 19.4. The van der Waals surface area contributed by atoms with Crippen LogP contribution < -0.4 is 4.74 Å². The first-order chi connectivity index (χ1) is 12.9. The largest absolute Gasteiger partial charge is 0.461 e. The Balaban J connectivity index is 1.91. The summed E-state index contributed by atoms with van der Waals surface area (Å²) in [6.07, 6.45) is 0. The Bertz CT molecular complexity index is 1040. The second-order valence-corrected chi connectivity index (χ2v) is 7.39. The van der Waals surface area contributed by atoms with Crippen LogP contribution in [0.15, 0.2) is 65.6 Å². The smallest absolute Gasteiger partial charge is 0.357 e. The van der Waals surface area contributed by atoms with E-state index in [4.69, 9.17) is 9.47 Å². The summed E-state index contributed by atoms with van der Waals surface area (Å²) in [6, 6.07) is 16.4. The van der Waals surface area contributed by atoms with Gasteiger partial charge in [0.15, 0.2) is 5.69 Å². The zero-order valence-electron chi connectivity index (χ0n) is 14.8. The summed E-state index contributed by atoms with van der Waals surface area (Å²) in [5.41, 5.74) is 0.254. The van der Waals surface area contributed by atoms with Gasteiger partial charge in [0.1, 0.15) is 11.5 Å². The number of rotatable bonds is 6. The standard InChI is InChI=1S/C19H18N2O5S/c1-3-25-19(22)18-13-14(2)20-21(18)27(23,24)17-11-9-16(10-12-17)26-15-7-5-4-6-8-15/h4-13H,3H2,1-2H3. The van der Waals surface area contributed by atoms with Gasteiger partial charge in [0.2, 0.25) is 0 Å². The Morgan fingerprint density at radius 2 is 1.67 bits per heavy atom. The first kappa shape index (κ1) is 18.7. The van der Waals surface area contributed by atoms with E-state index in [2.05, 4.69) is 5.10 Å². The Kier molecular flexibility index (Phi) is 5.27. The van der Waals surface area contributed by atoms with Crippen LogP contribution in [0, 0.1) is 6.92 Å². The lowest BCUT2D eigenvalue weighted by molar-refractivity contribution is 0.0517. The van der Waals surface area contributed by atoms with Crippen LogP contribution in [0.4, 0.5) is 0 Å². The summed E-state index contributed by atoms with van der Waals surface area (Å²) in [5.74, 6) is 0.383. The lowest BCUT2D eigenvalue weighted by atomic mass is 10.3. The predicted molar refractivity (Wildman–Crippen MR) is 98.5 cm³/mol. The van der Waals surface area contributed by atoms with E-state index >= 15 is 0 Å². The minimum Gasteiger partial charge on any atom is -0.461 e. The van der Waals surface area contributed by atoms with Gasteiger partial charge in [-0.2, -0.15) is 13.5 Å². The summed E-state index contributed by atoms with van der Waals surface area (Å²) < 4.78 is 37.1. The highest BCUT2D eigenvalue weighted by Gasteiger charge is 2.26. The summed E-state index contributed by atoms with van der Waals surface area (Å²) in [4.78, 5) is 12.0. The van der Waals surface area contributed by atoms with Crippen LogP contribution in [0.1, 0.15) is 23.1 Å². The number of para-hydroxylation sites is 1. The molecule has 3 aromatic rings. The summed E-state index contributed by atoms with van der Waals surface area (Å²) >= 11 is 0. The molecule has 0 spiro atoms. The van der Waals surface area contributed by atoms with Crippen LogP contribution in [-0.4, -0.2) is 30.2 Å². The number of carbonyl (C=O) groups is 1. The number of carbonyl (C=O) groups excluding carboxylic acids is 1. The molecule has 0 atom stereocenters. The fourth-order valence-electron chi connectivity index (χ4n) is 2.41. The number of esters is 1. The molecule has 0 saturated heterocycles. The van der Waals surface area contributed by atoms with E-state index < -0.39 is 16.0 Å². The Morgan fingerprint density at radius 3 is 2.30 bits per heavy atom.